The number of amides is 1. The van der Waals surface area contributed by atoms with Crippen molar-refractivity contribution in [1.29, 1.82) is 0 Å². The van der Waals surface area contributed by atoms with Crippen LogP contribution < -0.4 is 10.1 Å². The molecular formula is C18H21F3N2O4. The number of carboxylic acid groups (broad SMARTS) is 1. The van der Waals surface area contributed by atoms with E-state index in [0.29, 0.717) is 5.56 Å². The van der Waals surface area contributed by atoms with Crippen molar-refractivity contribution in [3.8, 4) is 5.75 Å². The van der Waals surface area contributed by atoms with Gasteiger partial charge in [0.15, 0.2) is 6.61 Å². The van der Waals surface area contributed by atoms with Gasteiger partial charge in [-0.15, -0.1) is 0 Å². The molecule has 2 N–H and O–H groups in total. The molecule has 27 heavy (non-hydrogen) atoms. The number of carboxylic acids is 1. The summed E-state index contributed by atoms with van der Waals surface area (Å²) >= 11 is 0. The smallest absolute Gasteiger partial charge is 0.422 e. The fraction of sp³-hybridized carbons (Fsp3) is 0.611. The largest absolute Gasteiger partial charge is 0.484 e. The summed E-state index contributed by atoms with van der Waals surface area (Å²) in [6.45, 7) is 0.215. The van der Waals surface area contributed by atoms with Gasteiger partial charge >= 0.3 is 12.1 Å². The molecule has 6 nitrogen and oxygen atoms in total. The first-order valence-electron chi connectivity index (χ1n) is 8.81. The van der Waals surface area contributed by atoms with E-state index < -0.39 is 30.2 Å². The van der Waals surface area contributed by atoms with Gasteiger partial charge in [0.2, 0.25) is 0 Å². The van der Waals surface area contributed by atoms with Crippen molar-refractivity contribution in [3.63, 3.8) is 0 Å². The fourth-order valence-electron chi connectivity index (χ4n) is 3.21. The van der Waals surface area contributed by atoms with Gasteiger partial charge in [-0.2, -0.15) is 13.2 Å². The Kier molecular flexibility index (Phi) is 5.05. The van der Waals surface area contributed by atoms with Gasteiger partial charge in [0, 0.05) is 17.8 Å². The number of alkyl halides is 3. The van der Waals surface area contributed by atoms with Crippen molar-refractivity contribution in [2.75, 3.05) is 6.61 Å². The summed E-state index contributed by atoms with van der Waals surface area (Å²) in [4.78, 5) is 27.8. The number of rotatable bonds is 8. The number of carbonyl (C=O) groups is 2. The second-order valence-corrected chi connectivity index (χ2v) is 7.50. The molecule has 9 heteroatoms. The second kappa shape index (κ2) is 7.01. The Hall–Kier alpha value is -2.32. The number of hydrogen-bond donors (Lipinski definition) is 2. The number of pyridine rings is 1. The summed E-state index contributed by atoms with van der Waals surface area (Å²) in [5.74, 6) is -1.49. The first-order chi connectivity index (χ1) is 12.6. The highest BCUT2D eigenvalue weighted by Crippen LogP contribution is 2.45. The summed E-state index contributed by atoms with van der Waals surface area (Å²) in [7, 11) is 0. The molecule has 2 aliphatic rings. The number of hydrogen-bond acceptors (Lipinski definition) is 4. The average Bonchev–Trinajstić information content (AvgIpc) is 3.44. The van der Waals surface area contributed by atoms with E-state index in [1.165, 1.54) is 12.3 Å². The number of aromatic nitrogens is 1. The number of nitrogens with one attached hydrogen (secondary N) is 1. The third-order valence-corrected chi connectivity index (χ3v) is 4.93. The fourth-order valence-corrected chi connectivity index (χ4v) is 3.21. The molecule has 0 radical (unpaired) electrons. The van der Waals surface area contributed by atoms with Crippen LogP contribution in [0.5, 0.6) is 5.75 Å². The average molecular weight is 386 g/mol. The van der Waals surface area contributed by atoms with Gasteiger partial charge in [-0.1, -0.05) is 0 Å². The van der Waals surface area contributed by atoms with Crippen LogP contribution in [-0.2, 0) is 4.79 Å². The van der Waals surface area contributed by atoms with Crippen LogP contribution in [-0.4, -0.2) is 40.3 Å². The second-order valence-electron chi connectivity index (χ2n) is 7.50. The van der Waals surface area contributed by atoms with Crippen molar-refractivity contribution in [1.82, 2.24) is 10.3 Å². The zero-order valence-electron chi connectivity index (χ0n) is 14.8. The summed E-state index contributed by atoms with van der Waals surface area (Å²) in [5.41, 5.74) is -0.452. The van der Waals surface area contributed by atoms with E-state index in [1.54, 1.807) is 6.92 Å². The predicted molar refractivity (Wildman–Crippen MR) is 88.6 cm³/mol. The highest BCUT2D eigenvalue weighted by atomic mass is 19.4. The number of nitrogens with zero attached hydrogens (tertiary/aromatic N) is 1. The molecule has 1 atom stereocenters. The van der Waals surface area contributed by atoms with Crippen LogP contribution in [0.25, 0.3) is 0 Å². The molecule has 2 fully saturated rings. The lowest BCUT2D eigenvalue weighted by Crippen LogP contribution is -2.49. The summed E-state index contributed by atoms with van der Waals surface area (Å²) in [6.07, 6.45) is -0.0263. The normalized spacial score (nSPS) is 19.3. The lowest BCUT2D eigenvalue weighted by atomic mass is 9.91. The van der Waals surface area contributed by atoms with Crippen LogP contribution in [0.4, 0.5) is 13.2 Å². The Labute approximate surface area is 154 Å². The monoisotopic (exact) mass is 386 g/mol. The lowest BCUT2D eigenvalue weighted by Gasteiger charge is -2.29. The molecule has 2 aliphatic carbocycles. The Balaban J connectivity index is 1.78. The Bertz CT molecular complexity index is 745. The zero-order valence-corrected chi connectivity index (χ0v) is 14.8. The zero-order chi connectivity index (χ0) is 19.8. The highest BCUT2D eigenvalue weighted by molar-refractivity contribution is 5.93. The van der Waals surface area contributed by atoms with Gasteiger partial charge in [0.1, 0.15) is 11.4 Å². The quantitative estimate of drug-likeness (QED) is 0.716. The number of halogens is 3. The third-order valence-electron chi connectivity index (χ3n) is 4.93. The van der Waals surface area contributed by atoms with E-state index >= 15 is 0 Å². The van der Waals surface area contributed by atoms with E-state index in [1.807, 2.05) is 0 Å². The van der Waals surface area contributed by atoms with E-state index in [4.69, 9.17) is 9.84 Å². The van der Waals surface area contributed by atoms with E-state index in [-0.39, 0.29) is 29.7 Å². The van der Waals surface area contributed by atoms with Crippen LogP contribution >= 0.6 is 0 Å². The SMILES string of the molecule is CC(CC(=O)O)(NC(=O)c1cc(OCC(F)(F)F)c(C2CC2)cn1)C1CC1. The molecule has 0 spiro atoms. The third kappa shape index (κ3) is 5.11. The minimum atomic E-state index is -4.49. The maximum atomic E-state index is 12.6. The minimum absolute atomic E-state index is 0.00124. The maximum Gasteiger partial charge on any atom is 0.422 e. The van der Waals surface area contributed by atoms with Crippen LogP contribution in [0.2, 0.25) is 0 Å². The molecule has 1 heterocycles. The Morgan fingerprint density at radius 3 is 2.48 bits per heavy atom. The summed E-state index contributed by atoms with van der Waals surface area (Å²) in [6, 6.07) is 1.21. The molecule has 2 saturated carbocycles. The summed E-state index contributed by atoms with van der Waals surface area (Å²) < 4.78 is 42.4. The van der Waals surface area contributed by atoms with Crippen LogP contribution in [0.1, 0.15) is 61.0 Å². The van der Waals surface area contributed by atoms with Crippen molar-refractivity contribution in [3.05, 3.63) is 23.5 Å². The molecule has 1 aromatic heterocycles. The molecule has 0 saturated heterocycles. The van der Waals surface area contributed by atoms with Crippen molar-refractivity contribution in [2.45, 2.75) is 56.7 Å². The first-order valence-corrected chi connectivity index (χ1v) is 8.81. The molecule has 1 unspecified atom stereocenters. The van der Waals surface area contributed by atoms with E-state index in [2.05, 4.69) is 10.3 Å². The number of aliphatic carboxylic acids is 1. The van der Waals surface area contributed by atoms with Gasteiger partial charge < -0.3 is 15.2 Å². The first kappa shape index (κ1) is 19.4. The van der Waals surface area contributed by atoms with E-state index in [0.717, 1.165) is 25.7 Å². The highest BCUT2D eigenvalue weighted by Gasteiger charge is 2.44. The van der Waals surface area contributed by atoms with Crippen LogP contribution in [0.3, 0.4) is 0 Å². The molecule has 148 valence electrons. The topological polar surface area (TPSA) is 88.5 Å². The number of carbonyl (C=O) groups excluding carboxylic acids is 1. The predicted octanol–water partition coefficient (Wildman–Crippen LogP) is 3.27. The molecule has 0 aliphatic heterocycles. The Morgan fingerprint density at radius 2 is 1.96 bits per heavy atom. The van der Waals surface area contributed by atoms with Crippen molar-refractivity contribution in [2.24, 2.45) is 5.92 Å². The van der Waals surface area contributed by atoms with Gasteiger partial charge in [-0.05, 0) is 44.4 Å². The molecule has 3 rings (SSSR count). The molecule has 0 bridgehead atoms. The van der Waals surface area contributed by atoms with Crippen LogP contribution in [0.15, 0.2) is 12.3 Å². The molecule has 1 aromatic rings. The van der Waals surface area contributed by atoms with Crippen molar-refractivity contribution >= 4 is 11.9 Å². The summed E-state index contributed by atoms with van der Waals surface area (Å²) in [5, 5.41) is 11.8. The van der Waals surface area contributed by atoms with Gasteiger partial charge in [0.25, 0.3) is 5.91 Å². The van der Waals surface area contributed by atoms with E-state index in [9.17, 15) is 22.8 Å². The molecular weight excluding hydrogens is 365 g/mol. The minimum Gasteiger partial charge on any atom is -0.484 e. The maximum absolute atomic E-state index is 12.6. The lowest BCUT2D eigenvalue weighted by molar-refractivity contribution is -0.153. The van der Waals surface area contributed by atoms with Crippen LogP contribution in [0, 0.1) is 5.92 Å². The molecule has 0 aromatic carbocycles. The van der Waals surface area contributed by atoms with Gasteiger partial charge in [-0.25, -0.2) is 0 Å². The van der Waals surface area contributed by atoms with Gasteiger partial charge in [-0.3, -0.25) is 14.6 Å². The Morgan fingerprint density at radius 1 is 1.30 bits per heavy atom. The standard InChI is InChI=1S/C18H21F3N2O4/c1-17(7-15(24)25,11-4-5-11)23-16(26)13-6-14(27-9-18(19,20)21)12(8-22-13)10-2-3-10/h6,8,10-11H,2-5,7,9H2,1H3,(H,23,26)(H,24,25). The number of ether oxygens (including phenoxy) is 1. The van der Waals surface area contributed by atoms with Gasteiger partial charge in [0.05, 0.1) is 12.0 Å². The van der Waals surface area contributed by atoms with Crippen molar-refractivity contribution < 1.29 is 32.6 Å². The molecule has 1 amide bonds.